The van der Waals surface area contributed by atoms with Gasteiger partial charge in [0.1, 0.15) is 5.75 Å². The first-order chi connectivity index (χ1) is 8.49. The van der Waals surface area contributed by atoms with Crippen LogP contribution in [0.25, 0.3) is 0 Å². The number of nitrogens with one attached hydrogen (secondary N) is 1. The van der Waals surface area contributed by atoms with Gasteiger partial charge in [-0.2, -0.15) is 0 Å². The molecule has 0 radical (unpaired) electrons. The molecule has 4 heteroatoms. The van der Waals surface area contributed by atoms with E-state index >= 15 is 0 Å². The van der Waals surface area contributed by atoms with Crippen molar-refractivity contribution in [1.29, 1.82) is 0 Å². The molecule has 0 aliphatic carbocycles. The Hall–Kier alpha value is -1.55. The molecule has 0 unspecified atom stereocenters. The second-order valence-corrected chi connectivity index (χ2v) is 5.37. The minimum Gasteiger partial charge on any atom is -0.493 e. The average Bonchev–Trinajstić information content (AvgIpc) is 2.74. The third kappa shape index (κ3) is 2.82. The quantitative estimate of drug-likeness (QED) is 0.816. The van der Waals surface area contributed by atoms with Crippen LogP contribution in [0.2, 0.25) is 0 Å². The molecule has 4 nitrogen and oxygen atoms in total. The van der Waals surface area contributed by atoms with Crippen molar-refractivity contribution in [2.24, 2.45) is 5.73 Å². The summed E-state index contributed by atoms with van der Waals surface area (Å²) in [6.07, 6.45) is 0.980. The highest BCUT2D eigenvalue weighted by Gasteiger charge is 2.23. The van der Waals surface area contributed by atoms with Crippen LogP contribution < -0.4 is 15.8 Å². The molecule has 1 aliphatic heterocycles. The van der Waals surface area contributed by atoms with Crippen molar-refractivity contribution in [2.45, 2.75) is 25.7 Å². The number of rotatable bonds is 5. The zero-order valence-electron chi connectivity index (χ0n) is 11.0. The molecule has 0 saturated heterocycles. The van der Waals surface area contributed by atoms with Crippen LogP contribution in [0, 0.1) is 0 Å². The molecule has 1 heterocycles. The first kappa shape index (κ1) is 12.9. The molecule has 0 fully saturated rings. The van der Waals surface area contributed by atoms with E-state index in [0.29, 0.717) is 0 Å². The van der Waals surface area contributed by atoms with Crippen LogP contribution in [0.15, 0.2) is 18.2 Å². The Balaban J connectivity index is 2.07. The van der Waals surface area contributed by atoms with E-state index in [1.54, 1.807) is 0 Å². The van der Waals surface area contributed by atoms with Crippen molar-refractivity contribution in [1.82, 2.24) is 5.32 Å². The SMILES string of the molecule is CC(C)(CNCC(N)=O)c1ccc2c(c1)CCO2. The average molecular weight is 248 g/mol. The number of benzene rings is 1. The zero-order valence-corrected chi connectivity index (χ0v) is 11.0. The Morgan fingerprint density at radius 3 is 3.00 bits per heavy atom. The maximum Gasteiger partial charge on any atom is 0.231 e. The zero-order chi connectivity index (χ0) is 13.2. The number of hydrogen-bond donors (Lipinski definition) is 2. The Bertz CT molecular complexity index is 455. The molecule has 1 aromatic carbocycles. The van der Waals surface area contributed by atoms with Crippen molar-refractivity contribution >= 4 is 5.91 Å². The van der Waals surface area contributed by atoms with Crippen LogP contribution in [0.3, 0.4) is 0 Å². The number of carbonyl (C=O) groups excluding carboxylic acids is 1. The van der Waals surface area contributed by atoms with Crippen LogP contribution in [0.1, 0.15) is 25.0 Å². The van der Waals surface area contributed by atoms with Crippen molar-refractivity contribution in [3.63, 3.8) is 0 Å². The van der Waals surface area contributed by atoms with E-state index in [9.17, 15) is 4.79 Å². The predicted octanol–water partition coefficient (Wildman–Crippen LogP) is 0.974. The van der Waals surface area contributed by atoms with Crippen molar-refractivity contribution in [3.8, 4) is 5.75 Å². The highest BCUT2D eigenvalue weighted by Crippen LogP contribution is 2.31. The Morgan fingerprint density at radius 2 is 2.28 bits per heavy atom. The monoisotopic (exact) mass is 248 g/mol. The minimum atomic E-state index is -0.326. The highest BCUT2D eigenvalue weighted by molar-refractivity contribution is 5.75. The number of carbonyl (C=O) groups is 1. The molecule has 1 aromatic rings. The summed E-state index contributed by atoms with van der Waals surface area (Å²) in [5.74, 6) is 0.674. The third-order valence-electron chi connectivity index (χ3n) is 3.34. The normalized spacial score (nSPS) is 14.1. The summed E-state index contributed by atoms with van der Waals surface area (Å²) in [4.78, 5) is 10.7. The van der Waals surface area contributed by atoms with Gasteiger partial charge in [0.2, 0.25) is 5.91 Å². The van der Waals surface area contributed by atoms with Crippen LogP contribution in [0.5, 0.6) is 5.75 Å². The fraction of sp³-hybridized carbons (Fsp3) is 0.500. The fourth-order valence-corrected chi connectivity index (χ4v) is 2.21. The van der Waals surface area contributed by atoms with Gasteiger partial charge in [-0.3, -0.25) is 4.79 Å². The Labute approximate surface area is 108 Å². The minimum absolute atomic E-state index is 0.0347. The third-order valence-corrected chi connectivity index (χ3v) is 3.34. The van der Waals surface area contributed by atoms with Gasteiger partial charge < -0.3 is 15.8 Å². The number of amides is 1. The smallest absolute Gasteiger partial charge is 0.231 e. The lowest BCUT2D eigenvalue weighted by atomic mass is 9.83. The lowest BCUT2D eigenvalue weighted by Gasteiger charge is -2.26. The summed E-state index contributed by atoms with van der Waals surface area (Å²) in [6, 6.07) is 6.33. The van der Waals surface area contributed by atoms with Crippen LogP contribution in [-0.2, 0) is 16.6 Å². The molecule has 98 valence electrons. The first-order valence-corrected chi connectivity index (χ1v) is 6.24. The topological polar surface area (TPSA) is 64.3 Å². The summed E-state index contributed by atoms with van der Waals surface area (Å²) < 4.78 is 5.50. The summed E-state index contributed by atoms with van der Waals surface area (Å²) in [5, 5.41) is 3.09. The van der Waals surface area contributed by atoms with Crippen molar-refractivity contribution in [2.75, 3.05) is 19.7 Å². The van der Waals surface area contributed by atoms with Gasteiger partial charge in [-0.15, -0.1) is 0 Å². The molecular formula is C14H20N2O2. The van der Waals surface area contributed by atoms with E-state index in [1.165, 1.54) is 11.1 Å². The van der Waals surface area contributed by atoms with E-state index in [0.717, 1.165) is 25.3 Å². The molecule has 0 bridgehead atoms. The molecule has 1 aliphatic rings. The molecule has 3 N–H and O–H groups in total. The van der Waals surface area contributed by atoms with Gasteiger partial charge >= 0.3 is 0 Å². The molecule has 0 saturated carbocycles. The maximum atomic E-state index is 10.7. The molecule has 18 heavy (non-hydrogen) atoms. The summed E-state index contributed by atoms with van der Waals surface area (Å²) >= 11 is 0. The summed E-state index contributed by atoms with van der Waals surface area (Å²) in [7, 11) is 0. The van der Waals surface area contributed by atoms with Gasteiger partial charge in [0.05, 0.1) is 13.2 Å². The summed E-state index contributed by atoms with van der Waals surface area (Å²) in [5.41, 5.74) is 7.61. The molecular weight excluding hydrogens is 228 g/mol. The van der Waals surface area contributed by atoms with Crippen LogP contribution in [0.4, 0.5) is 0 Å². The highest BCUT2D eigenvalue weighted by atomic mass is 16.5. The number of fused-ring (bicyclic) bond motifs is 1. The number of hydrogen-bond acceptors (Lipinski definition) is 3. The largest absolute Gasteiger partial charge is 0.493 e. The van der Waals surface area contributed by atoms with Gasteiger partial charge in [0.15, 0.2) is 0 Å². The van der Waals surface area contributed by atoms with Crippen LogP contribution >= 0.6 is 0 Å². The van der Waals surface area contributed by atoms with Gasteiger partial charge in [-0.05, 0) is 17.2 Å². The predicted molar refractivity (Wildman–Crippen MR) is 70.7 cm³/mol. The van der Waals surface area contributed by atoms with Crippen molar-refractivity contribution < 1.29 is 9.53 Å². The van der Waals surface area contributed by atoms with Gasteiger partial charge in [0.25, 0.3) is 0 Å². The van der Waals surface area contributed by atoms with E-state index in [1.807, 2.05) is 6.07 Å². The van der Waals surface area contributed by atoms with E-state index < -0.39 is 0 Å². The Morgan fingerprint density at radius 1 is 1.50 bits per heavy atom. The lowest BCUT2D eigenvalue weighted by Crippen LogP contribution is -2.37. The summed E-state index contributed by atoms with van der Waals surface area (Å²) in [6.45, 7) is 6.02. The lowest BCUT2D eigenvalue weighted by molar-refractivity contribution is -0.117. The van der Waals surface area contributed by atoms with Crippen molar-refractivity contribution in [3.05, 3.63) is 29.3 Å². The molecule has 1 amide bonds. The van der Waals surface area contributed by atoms with Gasteiger partial charge in [-0.25, -0.2) is 0 Å². The molecule has 0 spiro atoms. The number of nitrogens with two attached hydrogens (primary N) is 1. The van der Waals surface area contributed by atoms with Gasteiger partial charge in [0, 0.05) is 18.4 Å². The van der Waals surface area contributed by atoms with E-state index in [4.69, 9.17) is 10.5 Å². The molecule has 2 rings (SSSR count). The standard InChI is InChI=1S/C14H20N2O2/c1-14(2,9-16-8-13(15)17)11-3-4-12-10(7-11)5-6-18-12/h3-4,7,16H,5-6,8-9H2,1-2H3,(H2,15,17). The first-order valence-electron chi connectivity index (χ1n) is 6.24. The second-order valence-electron chi connectivity index (χ2n) is 5.37. The fourth-order valence-electron chi connectivity index (χ4n) is 2.21. The molecule has 0 aromatic heterocycles. The Kier molecular flexibility index (Phi) is 3.57. The molecule has 0 atom stereocenters. The van der Waals surface area contributed by atoms with Gasteiger partial charge in [-0.1, -0.05) is 26.0 Å². The number of primary amides is 1. The van der Waals surface area contributed by atoms with E-state index in [2.05, 4.69) is 31.3 Å². The maximum absolute atomic E-state index is 10.7. The second kappa shape index (κ2) is 4.98. The van der Waals surface area contributed by atoms with E-state index in [-0.39, 0.29) is 17.9 Å². The number of ether oxygens (including phenoxy) is 1. The van der Waals surface area contributed by atoms with Crippen LogP contribution in [-0.4, -0.2) is 25.6 Å².